The van der Waals surface area contributed by atoms with Crippen molar-refractivity contribution in [3.63, 3.8) is 0 Å². The van der Waals surface area contributed by atoms with Gasteiger partial charge in [-0.3, -0.25) is 0 Å². The standard InChI is InChI=1S/C17H16O.C12H14O2/c1-14-6-8-15(9-7-14)4-2-3-5-16-10-12-17(18)13-11-16;1-9(2)14-12(13)10(3)11-7-5-4-6-8-11/h2-13,18H,1H3;4-9H,3H2,1-2H3. The number of hydrogen-bond donors (Lipinski definition) is 1. The number of benzene rings is 3. The summed E-state index contributed by atoms with van der Waals surface area (Å²) in [7, 11) is 0. The van der Waals surface area contributed by atoms with Gasteiger partial charge >= 0.3 is 5.97 Å². The average molecular weight is 427 g/mol. The summed E-state index contributed by atoms with van der Waals surface area (Å²) in [5.41, 5.74) is 4.74. The van der Waals surface area contributed by atoms with E-state index in [1.54, 1.807) is 12.1 Å². The minimum atomic E-state index is -0.355. The van der Waals surface area contributed by atoms with Crippen LogP contribution >= 0.6 is 0 Å². The molecule has 0 atom stereocenters. The maximum Gasteiger partial charge on any atom is 0.338 e. The highest BCUT2D eigenvalue weighted by Gasteiger charge is 2.11. The summed E-state index contributed by atoms with van der Waals surface area (Å²) in [5.74, 6) is -0.0615. The smallest absolute Gasteiger partial charge is 0.338 e. The lowest BCUT2D eigenvalue weighted by atomic mass is 10.1. The first-order valence-electron chi connectivity index (χ1n) is 10.5. The van der Waals surface area contributed by atoms with E-state index < -0.39 is 0 Å². The van der Waals surface area contributed by atoms with Crippen LogP contribution in [-0.4, -0.2) is 17.2 Å². The molecule has 0 heterocycles. The molecule has 3 aromatic rings. The Morgan fingerprint density at radius 1 is 0.844 bits per heavy atom. The van der Waals surface area contributed by atoms with Gasteiger partial charge in [0.05, 0.1) is 11.7 Å². The number of rotatable bonds is 6. The van der Waals surface area contributed by atoms with Gasteiger partial charge in [-0.25, -0.2) is 4.79 Å². The third-order valence-electron chi connectivity index (χ3n) is 4.37. The lowest BCUT2D eigenvalue weighted by molar-refractivity contribution is -0.140. The van der Waals surface area contributed by atoms with Gasteiger partial charge in [0.1, 0.15) is 5.75 Å². The van der Waals surface area contributed by atoms with Crippen LogP contribution in [0.15, 0.2) is 97.6 Å². The Kier molecular flexibility index (Phi) is 9.73. The Morgan fingerprint density at radius 2 is 1.34 bits per heavy atom. The molecule has 0 aromatic heterocycles. The largest absolute Gasteiger partial charge is 0.508 e. The number of aromatic hydroxyl groups is 1. The highest BCUT2D eigenvalue weighted by atomic mass is 16.5. The molecule has 3 nitrogen and oxygen atoms in total. The molecule has 0 amide bonds. The molecular weight excluding hydrogens is 396 g/mol. The molecular formula is C29H30O3. The summed E-state index contributed by atoms with van der Waals surface area (Å²) in [4.78, 5) is 11.4. The Morgan fingerprint density at radius 3 is 1.84 bits per heavy atom. The third kappa shape index (κ3) is 8.88. The maximum atomic E-state index is 11.4. The van der Waals surface area contributed by atoms with Gasteiger partial charge in [-0.1, -0.05) is 103 Å². The van der Waals surface area contributed by atoms with Crippen molar-refractivity contribution < 1.29 is 14.6 Å². The van der Waals surface area contributed by atoms with Crippen LogP contribution in [0.1, 0.15) is 36.1 Å². The molecule has 0 spiro atoms. The summed E-state index contributed by atoms with van der Waals surface area (Å²) < 4.78 is 5.03. The van der Waals surface area contributed by atoms with Gasteiger partial charge in [-0.15, -0.1) is 0 Å². The van der Waals surface area contributed by atoms with Crippen molar-refractivity contribution in [2.45, 2.75) is 26.9 Å². The highest BCUT2D eigenvalue weighted by Crippen LogP contribution is 2.14. The monoisotopic (exact) mass is 426 g/mol. The maximum absolute atomic E-state index is 11.4. The molecule has 0 fully saturated rings. The van der Waals surface area contributed by atoms with Crippen molar-refractivity contribution in [2.75, 3.05) is 0 Å². The second kappa shape index (κ2) is 12.8. The molecule has 0 aliphatic carbocycles. The molecule has 3 aromatic carbocycles. The molecule has 0 aliphatic heterocycles. The van der Waals surface area contributed by atoms with Crippen LogP contribution < -0.4 is 0 Å². The van der Waals surface area contributed by atoms with E-state index in [0.717, 1.165) is 11.1 Å². The first-order chi connectivity index (χ1) is 15.3. The summed E-state index contributed by atoms with van der Waals surface area (Å²) in [6.07, 6.45) is 7.97. The first kappa shape index (κ1) is 24.4. The van der Waals surface area contributed by atoms with Gasteiger partial charge in [0.25, 0.3) is 0 Å². The van der Waals surface area contributed by atoms with Gasteiger partial charge in [0.15, 0.2) is 0 Å². The molecule has 0 aliphatic rings. The van der Waals surface area contributed by atoms with Crippen LogP contribution in [0.25, 0.3) is 17.7 Å². The minimum absolute atomic E-state index is 0.108. The van der Waals surface area contributed by atoms with E-state index in [0.29, 0.717) is 11.3 Å². The van der Waals surface area contributed by atoms with Crippen LogP contribution in [0.2, 0.25) is 0 Å². The van der Waals surface area contributed by atoms with Crippen molar-refractivity contribution in [3.05, 3.63) is 120 Å². The lowest BCUT2D eigenvalue weighted by Crippen LogP contribution is -2.12. The second-order valence-corrected chi connectivity index (χ2v) is 7.52. The summed E-state index contributed by atoms with van der Waals surface area (Å²) >= 11 is 0. The number of carbonyl (C=O) groups is 1. The molecule has 1 N–H and O–H groups in total. The molecule has 3 heteroatoms. The molecule has 32 heavy (non-hydrogen) atoms. The molecule has 0 saturated heterocycles. The van der Waals surface area contributed by atoms with E-state index in [9.17, 15) is 4.79 Å². The van der Waals surface area contributed by atoms with E-state index >= 15 is 0 Å². The van der Waals surface area contributed by atoms with E-state index in [1.807, 2.05) is 74.5 Å². The molecule has 3 rings (SSSR count). The van der Waals surface area contributed by atoms with Crippen molar-refractivity contribution >= 4 is 23.7 Å². The quantitative estimate of drug-likeness (QED) is 0.260. The number of ether oxygens (including phenoxy) is 1. The number of aryl methyl sites for hydroxylation is 1. The van der Waals surface area contributed by atoms with Crippen LogP contribution in [0.4, 0.5) is 0 Å². The van der Waals surface area contributed by atoms with Crippen molar-refractivity contribution in [1.29, 1.82) is 0 Å². The van der Waals surface area contributed by atoms with E-state index in [1.165, 1.54) is 11.1 Å². The first-order valence-corrected chi connectivity index (χ1v) is 10.5. The lowest BCUT2D eigenvalue weighted by Gasteiger charge is -2.09. The number of esters is 1. The molecule has 0 radical (unpaired) electrons. The predicted molar refractivity (Wildman–Crippen MR) is 134 cm³/mol. The number of carbonyl (C=O) groups excluding carboxylic acids is 1. The van der Waals surface area contributed by atoms with Gasteiger partial charge in [-0.05, 0) is 49.6 Å². The second-order valence-electron chi connectivity index (χ2n) is 7.52. The predicted octanol–water partition coefficient (Wildman–Crippen LogP) is 7.08. The molecule has 0 unspecified atom stereocenters. The van der Waals surface area contributed by atoms with Gasteiger partial charge in [-0.2, -0.15) is 0 Å². The fraction of sp³-hybridized carbons (Fsp3) is 0.138. The van der Waals surface area contributed by atoms with Crippen molar-refractivity contribution in [3.8, 4) is 5.75 Å². The fourth-order valence-electron chi connectivity index (χ4n) is 2.64. The molecule has 0 saturated carbocycles. The summed E-state index contributed by atoms with van der Waals surface area (Å²) in [6, 6.07) is 24.8. The zero-order valence-corrected chi connectivity index (χ0v) is 18.9. The summed E-state index contributed by atoms with van der Waals surface area (Å²) in [6.45, 7) is 9.42. The highest BCUT2D eigenvalue weighted by molar-refractivity contribution is 6.15. The number of phenolic OH excluding ortho intramolecular Hbond substituents is 1. The van der Waals surface area contributed by atoms with Crippen LogP contribution in [0.3, 0.4) is 0 Å². The number of allylic oxidation sites excluding steroid dienone is 2. The van der Waals surface area contributed by atoms with E-state index in [-0.39, 0.29) is 12.1 Å². The van der Waals surface area contributed by atoms with E-state index in [2.05, 4.69) is 43.8 Å². The van der Waals surface area contributed by atoms with Gasteiger partial charge in [0.2, 0.25) is 0 Å². The molecule has 164 valence electrons. The average Bonchev–Trinajstić information content (AvgIpc) is 2.79. The van der Waals surface area contributed by atoms with Crippen LogP contribution in [0, 0.1) is 6.92 Å². The number of hydrogen-bond acceptors (Lipinski definition) is 3. The minimum Gasteiger partial charge on any atom is -0.508 e. The Labute approximate surface area is 191 Å². The zero-order chi connectivity index (χ0) is 23.3. The normalized spacial score (nSPS) is 10.8. The van der Waals surface area contributed by atoms with Crippen molar-refractivity contribution in [1.82, 2.24) is 0 Å². The van der Waals surface area contributed by atoms with Gasteiger partial charge in [0, 0.05) is 0 Å². The van der Waals surface area contributed by atoms with Crippen molar-refractivity contribution in [2.24, 2.45) is 0 Å². The summed E-state index contributed by atoms with van der Waals surface area (Å²) in [5, 5.41) is 9.16. The Hall–Kier alpha value is -3.85. The SMILES string of the molecule is C=C(C(=O)OC(C)C)c1ccccc1.Cc1ccc(C=CC=Cc2ccc(O)cc2)cc1. The van der Waals surface area contributed by atoms with E-state index in [4.69, 9.17) is 9.84 Å². The Balaban J connectivity index is 0.000000235. The zero-order valence-electron chi connectivity index (χ0n) is 18.9. The third-order valence-corrected chi connectivity index (χ3v) is 4.37. The van der Waals surface area contributed by atoms with Crippen LogP contribution in [-0.2, 0) is 9.53 Å². The van der Waals surface area contributed by atoms with Gasteiger partial charge < -0.3 is 9.84 Å². The topological polar surface area (TPSA) is 46.5 Å². The van der Waals surface area contributed by atoms with Crippen LogP contribution in [0.5, 0.6) is 5.75 Å². The molecule has 0 bridgehead atoms. The Bertz CT molecular complexity index is 988. The fourth-order valence-corrected chi connectivity index (χ4v) is 2.64. The number of phenols is 1.